The molecule has 0 radical (unpaired) electrons. The van der Waals surface area contributed by atoms with Crippen LogP contribution in [0.3, 0.4) is 0 Å². The van der Waals surface area contributed by atoms with Gasteiger partial charge in [-0.1, -0.05) is 30.5 Å². The molecule has 1 fully saturated rings. The Morgan fingerprint density at radius 1 is 1.00 bits per heavy atom. The first-order chi connectivity index (χ1) is 12.0. The second-order valence-electron chi connectivity index (χ2n) is 7.72. The summed E-state index contributed by atoms with van der Waals surface area (Å²) >= 11 is 0. The van der Waals surface area contributed by atoms with Crippen LogP contribution in [0.4, 0.5) is 0 Å². The van der Waals surface area contributed by atoms with E-state index in [1.165, 1.54) is 64.6 Å². The number of hydrogen-bond donors (Lipinski definition) is 0. The second-order valence-corrected chi connectivity index (χ2v) is 7.72. The Morgan fingerprint density at radius 2 is 1.76 bits per heavy atom. The van der Waals surface area contributed by atoms with Crippen molar-refractivity contribution in [1.82, 2.24) is 4.98 Å². The van der Waals surface area contributed by atoms with E-state index in [9.17, 15) is 0 Å². The van der Waals surface area contributed by atoms with Crippen LogP contribution in [-0.2, 0) is 7.05 Å². The smallest absolute Gasteiger partial charge is 0.232 e. The highest BCUT2D eigenvalue weighted by Gasteiger charge is 2.21. The maximum atomic E-state index is 4.74. The highest BCUT2D eigenvalue weighted by Crippen LogP contribution is 2.36. The van der Waals surface area contributed by atoms with Crippen molar-refractivity contribution >= 4 is 10.9 Å². The van der Waals surface area contributed by atoms with E-state index < -0.39 is 0 Å². The van der Waals surface area contributed by atoms with Crippen LogP contribution in [-0.4, -0.2) is 4.98 Å². The molecule has 0 bridgehead atoms. The highest BCUT2D eigenvalue weighted by molar-refractivity contribution is 5.92. The average molecular weight is 331 g/mol. The molecule has 2 nitrogen and oxygen atoms in total. The van der Waals surface area contributed by atoms with Gasteiger partial charge in [-0.2, -0.15) is 0 Å². The van der Waals surface area contributed by atoms with Gasteiger partial charge in [-0.05, 0) is 79.4 Å². The van der Waals surface area contributed by atoms with E-state index in [2.05, 4.69) is 62.7 Å². The molecule has 0 spiro atoms. The van der Waals surface area contributed by atoms with Gasteiger partial charge in [-0.25, -0.2) is 4.57 Å². The molecule has 0 aliphatic heterocycles. The van der Waals surface area contributed by atoms with Gasteiger partial charge in [0.05, 0.1) is 12.4 Å². The van der Waals surface area contributed by atoms with Crippen molar-refractivity contribution in [2.24, 2.45) is 7.05 Å². The van der Waals surface area contributed by atoms with Crippen LogP contribution >= 0.6 is 0 Å². The monoisotopic (exact) mass is 331 g/mol. The molecule has 25 heavy (non-hydrogen) atoms. The molecule has 0 amide bonds. The number of benzene rings is 2. The fourth-order valence-corrected chi connectivity index (χ4v) is 4.39. The molecular weight excluding hydrogens is 304 g/mol. The Bertz CT molecular complexity index is 950. The molecule has 0 atom stereocenters. The minimum Gasteiger partial charge on any atom is -0.232 e. The lowest BCUT2D eigenvalue weighted by molar-refractivity contribution is -0.662. The van der Waals surface area contributed by atoms with Crippen molar-refractivity contribution in [3.05, 3.63) is 58.9 Å². The summed E-state index contributed by atoms with van der Waals surface area (Å²) < 4.78 is 2.17. The third-order valence-corrected chi connectivity index (χ3v) is 5.89. The van der Waals surface area contributed by atoms with Crippen LogP contribution in [0, 0.1) is 20.8 Å². The normalized spacial score (nSPS) is 15.2. The molecule has 4 rings (SSSR count). The molecule has 0 N–H and O–H groups in total. The summed E-state index contributed by atoms with van der Waals surface area (Å²) in [6.45, 7) is 6.61. The molecule has 1 heterocycles. The molecule has 1 aliphatic carbocycles. The van der Waals surface area contributed by atoms with Gasteiger partial charge in [0.15, 0.2) is 5.52 Å². The minimum atomic E-state index is 0.728. The summed E-state index contributed by atoms with van der Waals surface area (Å²) in [7, 11) is 2.10. The van der Waals surface area contributed by atoms with Gasteiger partial charge in [0.1, 0.15) is 5.69 Å². The molecule has 2 heteroatoms. The zero-order valence-electron chi connectivity index (χ0n) is 15.8. The van der Waals surface area contributed by atoms with Gasteiger partial charge in [-0.3, -0.25) is 0 Å². The van der Waals surface area contributed by atoms with Gasteiger partial charge < -0.3 is 0 Å². The molecule has 2 aromatic carbocycles. The topological polar surface area (TPSA) is 16.8 Å². The van der Waals surface area contributed by atoms with Crippen LogP contribution in [0.2, 0.25) is 0 Å². The number of hydrogen-bond acceptors (Lipinski definition) is 1. The summed E-state index contributed by atoms with van der Waals surface area (Å²) in [5, 5.41) is 1.25. The third kappa shape index (κ3) is 2.84. The van der Waals surface area contributed by atoms with E-state index in [0.717, 1.165) is 11.4 Å². The zero-order valence-corrected chi connectivity index (χ0v) is 15.8. The summed E-state index contributed by atoms with van der Waals surface area (Å²) in [5.74, 6) is 0.728. The lowest BCUT2D eigenvalue weighted by Gasteiger charge is -2.13. The molecule has 0 unspecified atom stereocenters. The zero-order chi connectivity index (χ0) is 17.6. The van der Waals surface area contributed by atoms with Crippen molar-refractivity contribution < 1.29 is 4.57 Å². The Kier molecular flexibility index (Phi) is 4.07. The first-order valence-electron chi connectivity index (χ1n) is 9.41. The predicted molar refractivity (Wildman–Crippen MR) is 104 cm³/mol. The highest BCUT2D eigenvalue weighted by atomic mass is 15.0. The Morgan fingerprint density at radius 3 is 2.52 bits per heavy atom. The molecular formula is C23H27N2+. The van der Waals surface area contributed by atoms with E-state index in [-0.39, 0.29) is 0 Å². The van der Waals surface area contributed by atoms with E-state index in [0.29, 0.717) is 0 Å². The standard InChI is InChI=1S/C23H27N2/c1-15-11-16(2)17(3)21(12-15)23-20-10-9-19(18-7-5-6-8-18)13-22(20)24-14-25(23)4/h9-14,18H,5-8H2,1-4H3/q+1. The maximum absolute atomic E-state index is 4.74. The van der Waals surface area contributed by atoms with Gasteiger partial charge in [0, 0.05) is 5.56 Å². The molecule has 0 saturated heterocycles. The van der Waals surface area contributed by atoms with Crippen LogP contribution in [0.1, 0.15) is 53.9 Å². The summed E-state index contributed by atoms with van der Waals surface area (Å²) in [4.78, 5) is 4.74. The van der Waals surface area contributed by atoms with Crippen molar-refractivity contribution in [3.63, 3.8) is 0 Å². The lowest BCUT2D eigenvalue weighted by atomic mass is 9.93. The van der Waals surface area contributed by atoms with Crippen molar-refractivity contribution in [3.8, 4) is 11.3 Å². The van der Waals surface area contributed by atoms with Crippen LogP contribution in [0.5, 0.6) is 0 Å². The van der Waals surface area contributed by atoms with Crippen molar-refractivity contribution in [1.29, 1.82) is 0 Å². The quantitative estimate of drug-likeness (QED) is 0.582. The van der Waals surface area contributed by atoms with Gasteiger partial charge in [-0.15, -0.1) is 0 Å². The fourth-order valence-electron chi connectivity index (χ4n) is 4.39. The molecule has 128 valence electrons. The van der Waals surface area contributed by atoms with E-state index in [1.54, 1.807) is 0 Å². The van der Waals surface area contributed by atoms with Crippen LogP contribution in [0.15, 0.2) is 36.7 Å². The van der Waals surface area contributed by atoms with Gasteiger partial charge in [0.2, 0.25) is 0 Å². The SMILES string of the molecule is Cc1cc(C)c(C)c(-c2c3ccc(C4CCCC4)cc3nc[n+]2C)c1. The average Bonchev–Trinajstić information content (AvgIpc) is 3.12. The van der Waals surface area contributed by atoms with Crippen molar-refractivity contribution in [2.45, 2.75) is 52.4 Å². The molecule has 1 aliphatic rings. The van der Waals surface area contributed by atoms with E-state index in [1.807, 2.05) is 6.33 Å². The first kappa shape index (κ1) is 16.3. The van der Waals surface area contributed by atoms with Crippen LogP contribution in [0.25, 0.3) is 22.2 Å². The molecule has 1 saturated carbocycles. The van der Waals surface area contributed by atoms with E-state index >= 15 is 0 Å². The Balaban J connectivity index is 1.93. The third-order valence-electron chi connectivity index (χ3n) is 5.89. The molecule has 3 aromatic rings. The number of fused-ring (bicyclic) bond motifs is 1. The van der Waals surface area contributed by atoms with Crippen LogP contribution < -0.4 is 4.57 Å². The number of aromatic nitrogens is 2. The van der Waals surface area contributed by atoms with Crippen molar-refractivity contribution in [2.75, 3.05) is 0 Å². The predicted octanol–water partition coefficient (Wildman–Crippen LogP) is 5.31. The maximum Gasteiger partial charge on any atom is 0.287 e. The van der Waals surface area contributed by atoms with Gasteiger partial charge >= 0.3 is 0 Å². The second kappa shape index (κ2) is 6.25. The number of rotatable bonds is 2. The Labute approximate surface area is 150 Å². The fraction of sp³-hybridized carbons (Fsp3) is 0.391. The first-order valence-corrected chi connectivity index (χ1v) is 9.41. The minimum absolute atomic E-state index is 0.728. The summed E-state index contributed by atoms with van der Waals surface area (Å²) in [5.41, 5.74) is 9.19. The molecule has 1 aromatic heterocycles. The largest absolute Gasteiger partial charge is 0.287 e. The van der Waals surface area contributed by atoms with E-state index in [4.69, 9.17) is 4.98 Å². The lowest BCUT2D eigenvalue weighted by Crippen LogP contribution is -2.32. The number of aryl methyl sites for hydroxylation is 3. The number of nitrogens with zero attached hydrogens (tertiary/aromatic N) is 2. The Hall–Kier alpha value is -2.22. The van der Waals surface area contributed by atoms with Gasteiger partial charge in [0.25, 0.3) is 6.33 Å². The summed E-state index contributed by atoms with van der Waals surface area (Å²) in [6.07, 6.45) is 7.36. The summed E-state index contributed by atoms with van der Waals surface area (Å²) in [6, 6.07) is 11.5.